The minimum atomic E-state index is 0.725. The highest BCUT2D eigenvalue weighted by molar-refractivity contribution is 9.10. The molecule has 2 aromatic carbocycles. The Bertz CT molecular complexity index is 764. The average Bonchev–Trinajstić information content (AvgIpc) is 2.96. The van der Waals surface area contributed by atoms with Crippen LogP contribution in [0.4, 0.5) is 5.13 Å². The van der Waals surface area contributed by atoms with Crippen molar-refractivity contribution in [3.05, 3.63) is 69.0 Å². The molecule has 21 heavy (non-hydrogen) atoms. The molecule has 0 unspecified atom stereocenters. The van der Waals surface area contributed by atoms with Gasteiger partial charge in [-0.25, -0.2) is 9.98 Å². The highest BCUT2D eigenvalue weighted by atomic mass is 79.9. The summed E-state index contributed by atoms with van der Waals surface area (Å²) < 4.78 is 1.05. The molecule has 0 radical (unpaired) electrons. The first kappa shape index (κ1) is 14.4. The molecule has 0 N–H and O–H groups in total. The van der Waals surface area contributed by atoms with E-state index in [0.717, 1.165) is 31.4 Å². The summed E-state index contributed by atoms with van der Waals surface area (Å²) in [6.45, 7) is 0. The minimum Gasteiger partial charge on any atom is -0.227 e. The molecule has 0 amide bonds. The topological polar surface area (TPSA) is 25.2 Å². The van der Waals surface area contributed by atoms with E-state index >= 15 is 0 Å². The van der Waals surface area contributed by atoms with Crippen LogP contribution in [0.5, 0.6) is 0 Å². The number of aromatic nitrogens is 1. The normalized spacial score (nSPS) is 11.1. The highest BCUT2D eigenvalue weighted by Crippen LogP contribution is 2.27. The number of aliphatic imine (C=N–C) groups is 1. The van der Waals surface area contributed by atoms with Gasteiger partial charge in [0.15, 0.2) is 0 Å². The molecular formula is C16H10BrClN2S. The predicted molar refractivity (Wildman–Crippen MR) is 94.0 cm³/mol. The standard InChI is InChI=1S/C16H10BrClN2S/c17-13-5-1-11(2-6-13)9-19-16-20-15(10-21-16)12-3-7-14(18)8-4-12/h1-10H. The van der Waals surface area contributed by atoms with Crippen LogP contribution in [0.25, 0.3) is 11.3 Å². The molecule has 104 valence electrons. The fourth-order valence-electron chi connectivity index (χ4n) is 1.76. The largest absolute Gasteiger partial charge is 0.227 e. The van der Waals surface area contributed by atoms with E-state index in [1.165, 1.54) is 11.3 Å². The Morgan fingerprint density at radius 3 is 2.48 bits per heavy atom. The van der Waals surface area contributed by atoms with E-state index in [2.05, 4.69) is 25.9 Å². The zero-order valence-corrected chi connectivity index (χ0v) is 14.0. The van der Waals surface area contributed by atoms with Gasteiger partial charge >= 0.3 is 0 Å². The van der Waals surface area contributed by atoms with Gasteiger partial charge in [0.2, 0.25) is 5.13 Å². The van der Waals surface area contributed by atoms with Gasteiger partial charge in [-0.1, -0.05) is 51.8 Å². The molecule has 3 aromatic rings. The van der Waals surface area contributed by atoms with Crippen LogP contribution in [0.15, 0.2) is 63.4 Å². The Morgan fingerprint density at radius 2 is 1.76 bits per heavy atom. The van der Waals surface area contributed by atoms with E-state index in [1.807, 2.05) is 60.1 Å². The van der Waals surface area contributed by atoms with Gasteiger partial charge in [-0.2, -0.15) is 0 Å². The number of thiazole rings is 1. The second kappa shape index (κ2) is 6.52. The molecule has 0 aliphatic heterocycles. The van der Waals surface area contributed by atoms with Crippen LogP contribution in [-0.4, -0.2) is 11.2 Å². The van der Waals surface area contributed by atoms with E-state index in [4.69, 9.17) is 11.6 Å². The Morgan fingerprint density at radius 1 is 1.05 bits per heavy atom. The summed E-state index contributed by atoms with van der Waals surface area (Å²) >= 11 is 10.8. The third kappa shape index (κ3) is 3.79. The first-order valence-corrected chi connectivity index (χ1v) is 8.27. The van der Waals surface area contributed by atoms with Crippen molar-refractivity contribution in [1.82, 2.24) is 4.98 Å². The first-order chi connectivity index (χ1) is 10.2. The van der Waals surface area contributed by atoms with Crippen molar-refractivity contribution < 1.29 is 0 Å². The Balaban J connectivity index is 1.78. The van der Waals surface area contributed by atoms with E-state index in [-0.39, 0.29) is 0 Å². The lowest BCUT2D eigenvalue weighted by atomic mass is 10.2. The quantitative estimate of drug-likeness (QED) is 0.516. The maximum atomic E-state index is 5.89. The van der Waals surface area contributed by atoms with Crippen LogP contribution in [0.2, 0.25) is 5.02 Å². The fourth-order valence-corrected chi connectivity index (χ4v) is 2.82. The van der Waals surface area contributed by atoms with Crippen molar-refractivity contribution in [3.63, 3.8) is 0 Å². The van der Waals surface area contributed by atoms with Gasteiger partial charge in [-0.15, -0.1) is 11.3 Å². The smallest absolute Gasteiger partial charge is 0.209 e. The van der Waals surface area contributed by atoms with Crippen molar-refractivity contribution in [2.45, 2.75) is 0 Å². The van der Waals surface area contributed by atoms with Crippen LogP contribution in [-0.2, 0) is 0 Å². The second-order valence-electron chi connectivity index (χ2n) is 4.33. The molecule has 3 rings (SSSR count). The number of benzene rings is 2. The zero-order valence-electron chi connectivity index (χ0n) is 10.8. The van der Waals surface area contributed by atoms with E-state index in [0.29, 0.717) is 0 Å². The lowest BCUT2D eigenvalue weighted by Gasteiger charge is -1.95. The molecule has 1 heterocycles. The summed E-state index contributed by atoms with van der Waals surface area (Å²) in [5.41, 5.74) is 3.00. The summed E-state index contributed by atoms with van der Waals surface area (Å²) in [5, 5.41) is 3.46. The Hall–Kier alpha value is -1.49. The third-order valence-corrected chi connectivity index (χ3v) is 4.36. The van der Waals surface area contributed by atoms with Gasteiger partial charge in [0.25, 0.3) is 0 Å². The van der Waals surface area contributed by atoms with Crippen LogP contribution < -0.4 is 0 Å². The Labute approximate surface area is 140 Å². The first-order valence-electron chi connectivity index (χ1n) is 6.22. The molecule has 0 bridgehead atoms. The lowest BCUT2D eigenvalue weighted by Crippen LogP contribution is -1.79. The van der Waals surface area contributed by atoms with Gasteiger partial charge < -0.3 is 0 Å². The minimum absolute atomic E-state index is 0.725. The second-order valence-corrected chi connectivity index (χ2v) is 6.52. The maximum Gasteiger partial charge on any atom is 0.209 e. The molecule has 0 aliphatic carbocycles. The summed E-state index contributed by atoms with van der Waals surface area (Å²) in [6, 6.07) is 15.6. The molecule has 0 spiro atoms. The van der Waals surface area contributed by atoms with E-state index < -0.39 is 0 Å². The van der Waals surface area contributed by atoms with Gasteiger partial charge in [-0.3, -0.25) is 0 Å². The van der Waals surface area contributed by atoms with E-state index in [9.17, 15) is 0 Å². The van der Waals surface area contributed by atoms with Crippen molar-refractivity contribution >= 4 is 50.2 Å². The fraction of sp³-hybridized carbons (Fsp3) is 0. The van der Waals surface area contributed by atoms with Crippen molar-refractivity contribution in [2.75, 3.05) is 0 Å². The van der Waals surface area contributed by atoms with Crippen LogP contribution in [0.3, 0.4) is 0 Å². The SMILES string of the molecule is Clc1ccc(-c2csc(N=Cc3ccc(Br)cc3)n2)cc1. The predicted octanol–water partition coefficient (Wildman–Crippen LogP) is 5.98. The molecule has 0 aliphatic rings. The summed E-state index contributed by atoms with van der Waals surface area (Å²) in [4.78, 5) is 8.92. The Kier molecular flexibility index (Phi) is 4.48. The molecule has 0 saturated heterocycles. The molecule has 5 heteroatoms. The summed E-state index contributed by atoms with van der Waals surface area (Å²) in [5.74, 6) is 0. The summed E-state index contributed by atoms with van der Waals surface area (Å²) in [6.07, 6.45) is 1.82. The number of hydrogen-bond acceptors (Lipinski definition) is 3. The van der Waals surface area contributed by atoms with Gasteiger partial charge in [0, 0.05) is 26.7 Å². The van der Waals surface area contributed by atoms with Gasteiger partial charge in [0.1, 0.15) is 0 Å². The molecule has 2 nitrogen and oxygen atoms in total. The van der Waals surface area contributed by atoms with Crippen molar-refractivity contribution in [3.8, 4) is 11.3 Å². The van der Waals surface area contributed by atoms with Crippen LogP contribution in [0.1, 0.15) is 5.56 Å². The molecule has 0 fully saturated rings. The van der Waals surface area contributed by atoms with Crippen molar-refractivity contribution in [1.29, 1.82) is 0 Å². The lowest BCUT2D eigenvalue weighted by molar-refractivity contribution is 1.36. The summed E-state index contributed by atoms with van der Waals surface area (Å²) in [7, 11) is 0. The molecule has 0 atom stereocenters. The van der Waals surface area contributed by atoms with E-state index in [1.54, 1.807) is 0 Å². The third-order valence-electron chi connectivity index (χ3n) is 2.83. The van der Waals surface area contributed by atoms with Crippen molar-refractivity contribution in [2.24, 2.45) is 4.99 Å². The zero-order chi connectivity index (χ0) is 14.7. The maximum absolute atomic E-state index is 5.89. The highest BCUT2D eigenvalue weighted by Gasteiger charge is 2.03. The van der Waals surface area contributed by atoms with Crippen LogP contribution in [0, 0.1) is 0 Å². The number of halogens is 2. The monoisotopic (exact) mass is 376 g/mol. The van der Waals surface area contributed by atoms with Gasteiger partial charge in [-0.05, 0) is 29.8 Å². The molecule has 0 saturated carbocycles. The molecular weight excluding hydrogens is 368 g/mol. The number of nitrogens with zero attached hydrogens (tertiary/aromatic N) is 2. The molecule has 1 aromatic heterocycles. The van der Waals surface area contributed by atoms with Gasteiger partial charge in [0.05, 0.1) is 5.69 Å². The van der Waals surface area contributed by atoms with Crippen LogP contribution >= 0.6 is 38.9 Å². The average molecular weight is 378 g/mol. The number of rotatable bonds is 3. The number of hydrogen-bond donors (Lipinski definition) is 0.